The van der Waals surface area contributed by atoms with Crippen LogP contribution in [0.15, 0.2) is 63.6 Å². The van der Waals surface area contributed by atoms with E-state index in [4.69, 9.17) is 24.3 Å². The molecule has 3 amide bonds. The molecule has 13 nitrogen and oxygen atoms in total. The van der Waals surface area contributed by atoms with Crippen molar-refractivity contribution in [3.8, 4) is 17.3 Å². The molecule has 4 bridgehead atoms. The molecule has 2 aromatic heterocycles. The van der Waals surface area contributed by atoms with Crippen LogP contribution in [0.25, 0.3) is 11.6 Å². The normalized spacial score (nSPS) is 22.9. The Morgan fingerprint density at radius 1 is 1.17 bits per heavy atom. The molecule has 6 N–H and O–H groups in total. The van der Waals surface area contributed by atoms with Crippen LogP contribution in [0, 0.1) is 11.7 Å². The molecule has 5 atom stereocenters. The van der Waals surface area contributed by atoms with Gasteiger partial charge in [0.05, 0.1) is 0 Å². The van der Waals surface area contributed by atoms with E-state index in [0.29, 0.717) is 33.7 Å². The minimum atomic E-state index is -1.37. The van der Waals surface area contributed by atoms with E-state index in [1.54, 1.807) is 45.0 Å². The van der Waals surface area contributed by atoms with Gasteiger partial charge in [-0.1, -0.05) is 32.6 Å². The number of aliphatic hydroxyl groups excluding tert-OH is 1. The molecule has 3 aliphatic heterocycles. The number of ether oxygens (including phenoxy) is 1. The van der Waals surface area contributed by atoms with Crippen LogP contribution in [0.2, 0.25) is 0 Å². The van der Waals surface area contributed by atoms with Gasteiger partial charge in [0, 0.05) is 23.2 Å². The van der Waals surface area contributed by atoms with Crippen molar-refractivity contribution in [3.63, 3.8) is 0 Å². The average molecular weight is 643 g/mol. The van der Waals surface area contributed by atoms with Crippen LogP contribution < -0.4 is 26.4 Å². The minimum absolute atomic E-state index is 0.0230. The number of nitrogens with zero attached hydrogens (tertiary/aromatic N) is 2. The zero-order valence-corrected chi connectivity index (χ0v) is 25.6. The van der Waals surface area contributed by atoms with E-state index in [9.17, 15) is 19.5 Å². The maximum atomic E-state index is 15.1. The van der Waals surface area contributed by atoms with Crippen LogP contribution in [0.5, 0.6) is 5.75 Å². The van der Waals surface area contributed by atoms with Crippen molar-refractivity contribution in [1.82, 2.24) is 20.6 Å². The molecule has 47 heavy (non-hydrogen) atoms. The number of amides is 3. The number of carbonyl (C=O) groups is 3. The number of nitrogens with two attached hydrogens (primary N) is 1. The molecule has 4 aromatic rings. The van der Waals surface area contributed by atoms with E-state index in [1.807, 2.05) is 0 Å². The molecule has 0 saturated carbocycles. The number of fused-ring (bicyclic) bond motifs is 4. The van der Waals surface area contributed by atoms with Crippen LogP contribution >= 0.6 is 0 Å². The summed E-state index contributed by atoms with van der Waals surface area (Å²) >= 11 is 0. The lowest BCUT2D eigenvalue weighted by Gasteiger charge is -2.28. The Kier molecular flexibility index (Phi) is 6.93. The number of primary amides is 1. The second kappa shape index (κ2) is 10.8. The largest absolute Gasteiger partial charge is 0.469 e. The summed E-state index contributed by atoms with van der Waals surface area (Å²) in [6, 6.07) is 7.42. The Labute approximate surface area is 267 Å². The molecular weight excluding hydrogens is 611 g/mol. The summed E-state index contributed by atoms with van der Waals surface area (Å²) in [7, 11) is 0. The van der Waals surface area contributed by atoms with Crippen LogP contribution in [0.1, 0.15) is 65.6 Å². The van der Waals surface area contributed by atoms with Crippen LogP contribution in [0.3, 0.4) is 0 Å². The van der Waals surface area contributed by atoms with Crippen molar-refractivity contribution < 1.29 is 37.5 Å². The first kappa shape index (κ1) is 30.2. The average Bonchev–Trinajstić information content (AvgIpc) is 3.79. The molecule has 0 aliphatic carbocycles. The molecule has 1 spiro atoms. The van der Waals surface area contributed by atoms with Gasteiger partial charge in [0.25, 0.3) is 5.91 Å². The lowest BCUT2D eigenvalue weighted by atomic mass is 9.72. The third-order valence-electron chi connectivity index (χ3n) is 8.76. The second-order valence-electron chi connectivity index (χ2n) is 12.3. The Morgan fingerprint density at radius 2 is 1.96 bits per heavy atom. The lowest BCUT2D eigenvalue weighted by Crippen LogP contribution is -2.52. The first-order valence-corrected chi connectivity index (χ1v) is 15.0. The highest BCUT2D eigenvalue weighted by Crippen LogP contribution is 2.59. The lowest BCUT2D eigenvalue weighted by molar-refractivity contribution is -0.135. The molecule has 3 aliphatic rings. The van der Waals surface area contributed by atoms with Crippen molar-refractivity contribution in [2.75, 3.05) is 5.32 Å². The summed E-state index contributed by atoms with van der Waals surface area (Å²) in [6.45, 7) is 9.07. The Balaban J connectivity index is 1.50. The molecule has 5 unspecified atom stereocenters. The number of benzene rings is 2. The van der Waals surface area contributed by atoms with E-state index in [-0.39, 0.29) is 35.4 Å². The zero-order valence-electron chi connectivity index (χ0n) is 25.6. The fourth-order valence-electron chi connectivity index (χ4n) is 6.38. The molecule has 7 rings (SSSR count). The summed E-state index contributed by atoms with van der Waals surface area (Å²) in [5.41, 5.74) is 6.65. The van der Waals surface area contributed by atoms with E-state index in [0.717, 1.165) is 6.26 Å². The number of aliphatic hydroxyl groups is 1. The highest BCUT2D eigenvalue weighted by Gasteiger charge is 2.61. The number of nitrogens with one attached hydrogen (secondary N) is 3. The first-order chi connectivity index (χ1) is 22.4. The second-order valence-corrected chi connectivity index (χ2v) is 12.3. The number of anilines is 1. The van der Waals surface area contributed by atoms with Gasteiger partial charge in [-0.3, -0.25) is 14.4 Å². The van der Waals surface area contributed by atoms with Gasteiger partial charge in [-0.15, -0.1) is 0 Å². The van der Waals surface area contributed by atoms with Crippen molar-refractivity contribution in [2.45, 2.75) is 57.0 Å². The maximum Gasteiger partial charge on any atom is 0.270 e. The van der Waals surface area contributed by atoms with Crippen molar-refractivity contribution >= 4 is 23.4 Å². The number of rotatable bonds is 6. The molecule has 14 heteroatoms. The summed E-state index contributed by atoms with van der Waals surface area (Å²) < 4.78 is 33.8. The topological polar surface area (TPSA) is 195 Å². The van der Waals surface area contributed by atoms with E-state index >= 15 is 4.39 Å². The number of hydrogen-bond acceptors (Lipinski definition) is 10. The van der Waals surface area contributed by atoms with Crippen molar-refractivity contribution in [2.24, 2.45) is 11.7 Å². The SMILES string of the molecule is C=C(C)C1NC(=O)C(NC(=O)C(O)C(C)C)Cc2ccc3c(c2)C2(c4cc(F)ccc4NC2O3)c2oc1nc2-c1nc(C(N)=O)co1. The van der Waals surface area contributed by atoms with Gasteiger partial charge in [0.15, 0.2) is 23.4 Å². The van der Waals surface area contributed by atoms with E-state index in [2.05, 4.69) is 27.5 Å². The monoisotopic (exact) mass is 642 g/mol. The number of oxazole rings is 2. The number of aromatic nitrogens is 2. The highest BCUT2D eigenvalue weighted by molar-refractivity contribution is 5.91. The predicted molar refractivity (Wildman–Crippen MR) is 163 cm³/mol. The standard InChI is InChI=1S/C33H31FN6O7/c1-13(2)23-31-40-24(30-37-21(12-45-30)27(35)42)26(47-31)33-17-11-16(34)6-7-19(17)38-32(33)46-22-8-5-15(9-18(22)33)10-20(28(43)39-23)36-29(44)25(41)14(3)4/h5-9,11-12,14,20,23,25,32,38,41H,1,10H2,2-4H3,(H2,35,42)(H,36,44)(H,39,43). The van der Waals surface area contributed by atoms with E-state index in [1.165, 1.54) is 12.1 Å². The maximum absolute atomic E-state index is 15.1. The van der Waals surface area contributed by atoms with Crippen LogP contribution in [-0.4, -0.2) is 51.2 Å². The third-order valence-corrected chi connectivity index (χ3v) is 8.76. The van der Waals surface area contributed by atoms with Gasteiger partial charge in [0.2, 0.25) is 23.6 Å². The van der Waals surface area contributed by atoms with Gasteiger partial charge in [0.1, 0.15) is 41.4 Å². The Morgan fingerprint density at radius 3 is 2.66 bits per heavy atom. The zero-order chi connectivity index (χ0) is 33.4. The molecule has 5 heterocycles. The van der Waals surface area contributed by atoms with Crippen molar-refractivity contribution in [1.29, 1.82) is 0 Å². The molecule has 242 valence electrons. The van der Waals surface area contributed by atoms with Crippen LogP contribution in [-0.2, 0) is 21.4 Å². The molecular formula is C33H31FN6O7. The minimum Gasteiger partial charge on any atom is -0.469 e. The predicted octanol–water partition coefficient (Wildman–Crippen LogP) is 2.84. The van der Waals surface area contributed by atoms with Crippen molar-refractivity contribution in [3.05, 3.63) is 94.7 Å². The molecule has 2 aromatic carbocycles. The van der Waals surface area contributed by atoms with Gasteiger partial charge in [-0.05, 0) is 48.2 Å². The number of halogens is 1. The molecule has 0 fully saturated rings. The number of hydrogen-bond donors (Lipinski definition) is 5. The van der Waals surface area contributed by atoms with Gasteiger partial charge >= 0.3 is 0 Å². The Hall–Kier alpha value is -5.50. The van der Waals surface area contributed by atoms with Gasteiger partial charge in [-0.2, -0.15) is 0 Å². The highest BCUT2D eigenvalue weighted by atomic mass is 19.1. The summed E-state index contributed by atoms with van der Waals surface area (Å²) in [5.74, 6) is -2.57. The first-order valence-electron chi connectivity index (χ1n) is 15.0. The van der Waals surface area contributed by atoms with Gasteiger partial charge in [-0.25, -0.2) is 14.4 Å². The fourth-order valence-corrected chi connectivity index (χ4v) is 6.38. The summed E-state index contributed by atoms with van der Waals surface area (Å²) in [4.78, 5) is 47.8. The van der Waals surface area contributed by atoms with E-state index < -0.39 is 59.3 Å². The van der Waals surface area contributed by atoms with Gasteiger partial charge < -0.3 is 40.4 Å². The van der Waals surface area contributed by atoms with Crippen LogP contribution in [0.4, 0.5) is 10.1 Å². The molecule has 0 radical (unpaired) electrons. The number of carbonyl (C=O) groups excluding carboxylic acids is 3. The fraction of sp³-hybridized carbons (Fsp3) is 0.303. The Bertz CT molecular complexity index is 1980. The smallest absolute Gasteiger partial charge is 0.270 e. The molecule has 0 saturated heterocycles. The summed E-state index contributed by atoms with van der Waals surface area (Å²) in [5, 5.41) is 19.3. The summed E-state index contributed by atoms with van der Waals surface area (Å²) in [6.07, 6.45) is -1.08. The third kappa shape index (κ3) is 4.66. The quantitative estimate of drug-likeness (QED) is 0.195.